The summed E-state index contributed by atoms with van der Waals surface area (Å²) in [5.74, 6) is 0.937. The van der Waals surface area contributed by atoms with Gasteiger partial charge in [0.2, 0.25) is 0 Å². The van der Waals surface area contributed by atoms with E-state index in [0.717, 1.165) is 50.8 Å². The summed E-state index contributed by atoms with van der Waals surface area (Å²) >= 11 is 0. The molecule has 0 spiro atoms. The summed E-state index contributed by atoms with van der Waals surface area (Å²) in [6, 6.07) is 3.91. The third kappa shape index (κ3) is 4.06. The van der Waals surface area contributed by atoms with Crippen molar-refractivity contribution < 1.29 is 9.53 Å². The van der Waals surface area contributed by atoms with Crippen LogP contribution >= 0.6 is 0 Å². The van der Waals surface area contributed by atoms with E-state index in [2.05, 4.69) is 31.4 Å². The molecule has 3 heterocycles. The summed E-state index contributed by atoms with van der Waals surface area (Å²) in [5, 5.41) is 5.79. The maximum absolute atomic E-state index is 11.8. The van der Waals surface area contributed by atoms with E-state index in [9.17, 15) is 4.79 Å². The monoisotopic (exact) mass is 306 g/mol. The fourth-order valence-corrected chi connectivity index (χ4v) is 2.52. The van der Waals surface area contributed by atoms with E-state index in [-0.39, 0.29) is 12.1 Å². The number of nitrogens with one attached hydrogen (secondary N) is 4. The average Bonchev–Trinajstić information content (AvgIpc) is 3.07. The Morgan fingerprint density at radius 2 is 2.14 bits per heavy atom. The maximum atomic E-state index is 11.8. The van der Waals surface area contributed by atoms with Crippen LogP contribution < -0.4 is 26.4 Å². The second kappa shape index (κ2) is 7.39. The van der Waals surface area contributed by atoms with Gasteiger partial charge in [-0.1, -0.05) is 0 Å². The van der Waals surface area contributed by atoms with Gasteiger partial charge in [0.1, 0.15) is 5.82 Å². The highest BCUT2D eigenvalue weighted by molar-refractivity contribution is 5.74. The van der Waals surface area contributed by atoms with Gasteiger partial charge in [-0.25, -0.2) is 9.78 Å². The first-order valence-electron chi connectivity index (χ1n) is 7.59. The quantitative estimate of drug-likeness (QED) is 0.582. The van der Waals surface area contributed by atoms with E-state index in [1.807, 2.05) is 12.1 Å². The number of hydrogen-bond acceptors (Lipinski definition) is 6. The first kappa shape index (κ1) is 15.0. The zero-order chi connectivity index (χ0) is 15.2. The molecular weight excluding hydrogens is 284 g/mol. The predicted molar refractivity (Wildman–Crippen MR) is 82.4 cm³/mol. The van der Waals surface area contributed by atoms with Gasteiger partial charge in [-0.2, -0.15) is 0 Å². The lowest BCUT2D eigenvalue weighted by Gasteiger charge is -2.28. The standard InChI is InChI=1S/C14H22N6O2/c21-14(19-12-9-17-18-10-12)16-8-11-1-2-15-13(7-11)20-3-5-22-6-4-20/h1-2,7,12,17-18H,3-6,8-10H2,(H2,16,19,21). The molecule has 120 valence electrons. The second-order valence-electron chi connectivity index (χ2n) is 5.41. The number of ether oxygens (including phenoxy) is 1. The number of nitrogens with zero attached hydrogens (tertiary/aromatic N) is 2. The molecule has 0 aliphatic carbocycles. The summed E-state index contributed by atoms with van der Waals surface area (Å²) in [4.78, 5) is 18.4. The van der Waals surface area contributed by atoms with Gasteiger partial charge in [-0.15, -0.1) is 0 Å². The highest BCUT2D eigenvalue weighted by Crippen LogP contribution is 2.14. The lowest BCUT2D eigenvalue weighted by Crippen LogP contribution is -2.44. The fourth-order valence-electron chi connectivity index (χ4n) is 2.52. The van der Waals surface area contributed by atoms with Gasteiger partial charge in [0.05, 0.1) is 19.3 Å². The van der Waals surface area contributed by atoms with Crippen LogP contribution in [-0.4, -0.2) is 56.4 Å². The second-order valence-corrected chi connectivity index (χ2v) is 5.41. The molecule has 2 aliphatic rings. The number of rotatable bonds is 4. The fraction of sp³-hybridized carbons (Fsp3) is 0.571. The van der Waals surface area contributed by atoms with Crippen molar-refractivity contribution in [2.45, 2.75) is 12.6 Å². The molecule has 2 amide bonds. The predicted octanol–water partition coefficient (Wildman–Crippen LogP) is -0.806. The molecule has 0 saturated carbocycles. The van der Waals surface area contributed by atoms with Crippen molar-refractivity contribution in [2.24, 2.45) is 0 Å². The number of hydrazine groups is 1. The van der Waals surface area contributed by atoms with Gasteiger partial charge in [-0.3, -0.25) is 10.9 Å². The summed E-state index contributed by atoms with van der Waals surface area (Å²) < 4.78 is 5.35. The number of carbonyl (C=O) groups excluding carboxylic acids is 1. The molecule has 0 radical (unpaired) electrons. The number of anilines is 1. The molecule has 0 bridgehead atoms. The average molecular weight is 306 g/mol. The van der Waals surface area contributed by atoms with Gasteiger partial charge in [-0.05, 0) is 17.7 Å². The lowest BCUT2D eigenvalue weighted by molar-refractivity contribution is 0.122. The largest absolute Gasteiger partial charge is 0.378 e. The van der Waals surface area contributed by atoms with Crippen molar-refractivity contribution in [3.8, 4) is 0 Å². The SMILES string of the molecule is O=C(NCc1ccnc(N2CCOCC2)c1)NC1CNNC1. The Labute approximate surface area is 129 Å². The van der Waals surface area contributed by atoms with Crippen LogP contribution in [0.2, 0.25) is 0 Å². The highest BCUT2D eigenvalue weighted by Gasteiger charge is 2.16. The summed E-state index contributed by atoms with van der Waals surface area (Å²) in [7, 11) is 0. The number of aromatic nitrogens is 1. The minimum atomic E-state index is -0.153. The number of pyridine rings is 1. The van der Waals surface area contributed by atoms with E-state index in [0.29, 0.717) is 6.54 Å². The molecule has 0 unspecified atom stereocenters. The topological polar surface area (TPSA) is 90.6 Å². The molecule has 8 heteroatoms. The Morgan fingerprint density at radius 1 is 1.36 bits per heavy atom. The van der Waals surface area contributed by atoms with E-state index in [1.165, 1.54) is 0 Å². The first-order chi connectivity index (χ1) is 10.8. The summed E-state index contributed by atoms with van der Waals surface area (Å²) in [6.07, 6.45) is 1.78. The van der Waals surface area contributed by atoms with Crippen molar-refractivity contribution in [3.05, 3.63) is 23.9 Å². The van der Waals surface area contributed by atoms with Gasteiger partial charge in [0, 0.05) is 38.9 Å². The minimum absolute atomic E-state index is 0.126. The van der Waals surface area contributed by atoms with Gasteiger partial charge >= 0.3 is 6.03 Å². The molecule has 2 saturated heterocycles. The Bertz CT molecular complexity index is 500. The van der Waals surface area contributed by atoms with E-state index < -0.39 is 0 Å². The van der Waals surface area contributed by atoms with Crippen LogP contribution in [-0.2, 0) is 11.3 Å². The van der Waals surface area contributed by atoms with E-state index >= 15 is 0 Å². The summed E-state index contributed by atoms with van der Waals surface area (Å²) in [6.45, 7) is 5.14. The van der Waals surface area contributed by atoms with Crippen molar-refractivity contribution in [3.63, 3.8) is 0 Å². The van der Waals surface area contributed by atoms with Crippen LogP contribution in [0.1, 0.15) is 5.56 Å². The normalized spacial score (nSPS) is 19.2. The molecule has 1 aromatic rings. The maximum Gasteiger partial charge on any atom is 0.315 e. The first-order valence-corrected chi connectivity index (χ1v) is 7.59. The molecule has 4 N–H and O–H groups in total. The van der Waals surface area contributed by atoms with E-state index in [1.54, 1.807) is 6.20 Å². The van der Waals surface area contributed by atoms with Gasteiger partial charge in [0.25, 0.3) is 0 Å². The zero-order valence-electron chi connectivity index (χ0n) is 12.5. The molecule has 0 aromatic carbocycles. The van der Waals surface area contributed by atoms with Crippen LogP contribution in [0.3, 0.4) is 0 Å². The molecule has 8 nitrogen and oxygen atoms in total. The molecule has 2 fully saturated rings. The Balaban J connectivity index is 1.50. The Morgan fingerprint density at radius 3 is 2.91 bits per heavy atom. The van der Waals surface area contributed by atoms with Crippen LogP contribution in [0.4, 0.5) is 10.6 Å². The highest BCUT2D eigenvalue weighted by atomic mass is 16.5. The van der Waals surface area contributed by atoms with Crippen molar-refractivity contribution in [1.29, 1.82) is 0 Å². The van der Waals surface area contributed by atoms with Crippen molar-refractivity contribution in [2.75, 3.05) is 44.3 Å². The third-order valence-electron chi connectivity index (χ3n) is 3.76. The molecule has 22 heavy (non-hydrogen) atoms. The lowest BCUT2D eigenvalue weighted by atomic mass is 10.2. The number of morpholine rings is 1. The van der Waals surface area contributed by atoms with E-state index in [4.69, 9.17) is 4.74 Å². The van der Waals surface area contributed by atoms with Crippen LogP contribution in [0, 0.1) is 0 Å². The summed E-state index contributed by atoms with van der Waals surface area (Å²) in [5.41, 5.74) is 6.99. The van der Waals surface area contributed by atoms with Crippen molar-refractivity contribution in [1.82, 2.24) is 26.5 Å². The number of urea groups is 1. The third-order valence-corrected chi connectivity index (χ3v) is 3.76. The molecule has 1 aromatic heterocycles. The number of hydrogen-bond donors (Lipinski definition) is 4. The minimum Gasteiger partial charge on any atom is -0.378 e. The molecule has 3 rings (SSSR count). The van der Waals surface area contributed by atoms with Crippen LogP contribution in [0.15, 0.2) is 18.3 Å². The molecule has 0 atom stereocenters. The Hall–Kier alpha value is -1.90. The smallest absolute Gasteiger partial charge is 0.315 e. The van der Waals surface area contributed by atoms with Gasteiger partial charge in [0.15, 0.2) is 0 Å². The number of carbonyl (C=O) groups is 1. The van der Waals surface area contributed by atoms with Gasteiger partial charge < -0.3 is 20.3 Å². The van der Waals surface area contributed by atoms with Crippen LogP contribution in [0.25, 0.3) is 0 Å². The van der Waals surface area contributed by atoms with Crippen molar-refractivity contribution >= 4 is 11.8 Å². The number of amides is 2. The van der Waals surface area contributed by atoms with Crippen LogP contribution in [0.5, 0.6) is 0 Å². The zero-order valence-corrected chi connectivity index (χ0v) is 12.5. The molecule has 2 aliphatic heterocycles. The Kier molecular flexibility index (Phi) is 5.04. The molecular formula is C14H22N6O2.